The van der Waals surface area contributed by atoms with E-state index in [0.717, 1.165) is 81.8 Å². The van der Waals surface area contributed by atoms with Crippen molar-refractivity contribution in [2.24, 2.45) is 5.92 Å². The fraction of sp³-hybridized carbons (Fsp3) is 0.628. The van der Waals surface area contributed by atoms with E-state index in [1.54, 1.807) is 11.8 Å². The third-order valence-electron chi connectivity index (χ3n) is 12.5. The molecule has 3 fully saturated rings. The maximum atomic E-state index is 14.2. The van der Waals surface area contributed by atoms with Crippen LogP contribution in [0.4, 0.5) is 34.1 Å². The highest BCUT2D eigenvalue weighted by Gasteiger charge is 2.38. The van der Waals surface area contributed by atoms with E-state index in [2.05, 4.69) is 10.2 Å². The Morgan fingerprint density at radius 1 is 0.898 bits per heavy atom. The van der Waals surface area contributed by atoms with Crippen molar-refractivity contribution >= 4 is 47.0 Å². The average Bonchev–Trinajstić information content (AvgIpc) is 3.40. The van der Waals surface area contributed by atoms with Gasteiger partial charge in [-0.15, -0.1) is 0 Å². The van der Waals surface area contributed by atoms with Gasteiger partial charge < -0.3 is 40.1 Å². The van der Waals surface area contributed by atoms with Gasteiger partial charge in [-0.3, -0.25) is 9.59 Å². The maximum absolute atomic E-state index is 14.2. The van der Waals surface area contributed by atoms with Crippen LogP contribution in [0.15, 0.2) is 36.4 Å². The van der Waals surface area contributed by atoms with Gasteiger partial charge in [-0.1, -0.05) is 56.0 Å². The van der Waals surface area contributed by atoms with Gasteiger partial charge in [0, 0.05) is 63.3 Å². The molecule has 16 heteroatoms. The number of fused-ring (bicyclic) bond motifs is 1. The number of esters is 1. The van der Waals surface area contributed by atoms with Gasteiger partial charge in [0.05, 0.1) is 22.9 Å². The van der Waals surface area contributed by atoms with Crippen LogP contribution in [0, 0.1) is 5.92 Å². The van der Waals surface area contributed by atoms with Crippen LogP contribution in [0.25, 0.3) is 0 Å². The zero-order chi connectivity index (χ0) is 42.1. The van der Waals surface area contributed by atoms with Gasteiger partial charge in [0.2, 0.25) is 0 Å². The van der Waals surface area contributed by atoms with Gasteiger partial charge in [-0.25, -0.2) is 9.59 Å². The lowest BCUT2D eigenvalue weighted by Crippen LogP contribution is -2.53. The summed E-state index contributed by atoms with van der Waals surface area (Å²) in [5.41, 5.74) is 5.90. The number of urea groups is 1. The summed E-state index contributed by atoms with van der Waals surface area (Å²) in [5, 5.41) is 2.70. The first-order valence-corrected chi connectivity index (χ1v) is 21.6. The molecule has 4 heterocycles. The number of carbonyl (C=O) groups is 4. The first-order valence-electron chi connectivity index (χ1n) is 21.2. The van der Waals surface area contributed by atoms with Crippen LogP contribution < -0.4 is 11.1 Å². The molecule has 4 aliphatic heterocycles. The number of ether oxygens (including phenoxy) is 2. The second-order valence-corrected chi connectivity index (χ2v) is 16.7. The van der Waals surface area contributed by atoms with E-state index >= 15 is 0 Å². The summed E-state index contributed by atoms with van der Waals surface area (Å²) in [5.74, 6) is 0.0506. The average molecular weight is 847 g/mol. The summed E-state index contributed by atoms with van der Waals surface area (Å²) in [7, 11) is 0. The number of nitrogen functional groups attached to an aromatic ring is 1. The van der Waals surface area contributed by atoms with Crippen LogP contribution in [0.1, 0.15) is 94.2 Å². The Labute approximate surface area is 349 Å². The number of nitrogens with one attached hydrogen (secondary N) is 1. The number of nitrogens with two attached hydrogens (primary N) is 1. The summed E-state index contributed by atoms with van der Waals surface area (Å²) in [6.45, 7) is 6.23. The molecule has 3 N–H and O–H groups in total. The number of likely N-dealkylation sites (tertiary alicyclic amines) is 3. The summed E-state index contributed by atoms with van der Waals surface area (Å²) < 4.78 is 52.8. The number of para-hydroxylation sites is 1. The molecule has 0 radical (unpaired) electrons. The van der Waals surface area contributed by atoms with Crippen molar-refractivity contribution in [2.75, 3.05) is 63.5 Å². The monoisotopic (exact) mass is 846 g/mol. The predicted octanol–water partition coefficient (Wildman–Crippen LogP) is 7.76. The molecule has 4 aliphatic rings. The highest BCUT2D eigenvalue weighted by Crippen LogP contribution is 2.38. The Morgan fingerprint density at radius 2 is 1.58 bits per heavy atom. The van der Waals surface area contributed by atoms with E-state index < -0.39 is 35.5 Å². The number of unbranched alkanes of at least 4 members (excludes halogenated alkanes) is 2. The topological polar surface area (TPSA) is 138 Å². The van der Waals surface area contributed by atoms with Crippen molar-refractivity contribution in [3.8, 4) is 0 Å². The molecule has 0 unspecified atom stereocenters. The van der Waals surface area contributed by atoms with Crippen LogP contribution in [0.3, 0.4) is 0 Å². The zero-order valence-corrected chi connectivity index (χ0v) is 34.7. The first kappa shape index (κ1) is 44.3. The van der Waals surface area contributed by atoms with Crippen molar-refractivity contribution in [1.82, 2.24) is 19.6 Å². The minimum Gasteiger partial charge on any atom is -0.466 e. The number of nitrogens with zero attached hydrogens (tertiary/aromatic N) is 4. The minimum absolute atomic E-state index is 0.0761. The Kier molecular flexibility index (Phi) is 15.3. The van der Waals surface area contributed by atoms with E-state index in [0.29, 0.717) is 63.9 Å². The van der Waals surface area contributed by atoms with E-state index in [9.17, 15) is 32.3 Å². The second-order valence-electron chi connectivity index (χ2n) is 16.3. The maximum Gasteiger partial charge on any atom is 0.418 e. The van der Waals surface area contributed by atoms with Gasteiger partial charge >= 0.3 is 24.3 Å². The van der Waals surface area contributed by atoms with Crippen molar-refractivity contribution in [3.05, 3.63) is 58.1 Å². The fourth-order valence-electron chi connectivity index (χ4n) is 8.98. The number of rotatable bonds is 13. The number of hydrogen-bond donors (Lipinski definition) is 2. The van der Waals surface area contributed by atoms with Crippen LogP contribution in [0.2, 0.25) is 5.02 Å². The number of amides is 4. The van der Waals surface area contributed by atoms with E-state index in [-0.39, 0.29) is 48.1 Å². The lowest BCUT2D eigenvalue weighted by molar-refractivity contribution is -0.143. The number of piperidine rings is 3. The third-order valence-corrected chi connectivity index (χ3v) is 12.8. The molecule has 6 rings (SSSR count). The standard InChI is InChI=1S/C43H58ClF3N6O6/c1-2-38(54)58-25-7-3-4-8-29-11-18-50(19-12-29)32-14-20-51(21-15-32)40(55)37(28-30-26-34(43(45,46)47)39(48)35(44)27-30)59-42(57)52-22-16-33(17-23-52)53-24-13-31-9-5-6-10-36(31)49-41(53)56/h5-6,9-10,26-27,29,32-33,37H,2-4,7-8,11-25,28,48H2,1H3,(H,49,56)/t37-/m1/s1. The van der Waals surface area contributed by atoms with E-state index in [4.69, 9.17) is 26.8 Å². The Hall–Kier alpha value is -4.24. The molecule has 12 nitrogen and oxygen atoms in total. The van der Waals surface area contributed by atoms with E-state index in [1.165, 1.54) is 11.0 Å². The van der Waals surface area contributed by atoms with Crippen LogP contribution >= 0.6 is 11.6 Å². The molecule has 324 valence electrons. The quantitative estimate of drug-likeness (QED) is 0.119. The SMILES string of the molecule is CCC(=O)OCCCCCC1CCN(C2CCN(C(=O)[C@@H](Cc3cc(Cl)c(N)c(C(F)(F)F)c3)OC(=O)N3CCC(N4CCc5ccccc5NC4=O)CC3)CC2)CC1. The number of anilines is 2. The molecular formula is C43H58ClF3N6O6. The molecule has 59 heavy (non-hydrogen) atoms. The molecular weight excluding hydrogens is 789 g/mol. The summed E-state index contributed by atoms with van der Waals surface area (Å²) >= 11 is 6.16. The molecule has 1 atom stereocenters. The number of halogens is 4. The number of carbonyl (C=O) groups excluding carboxylic acids is 4. The van der Waals surface area contributed by atoms with E-state index in [1.807, 2.05) is 29.2 Å². The molecule has 2 aromatic carbocycles. The highest BCUT2D eigenvalue weighted by molar-refractivity contribution is 6.33. The molecule has 0 spiro atoms. The summed E-state index contributed by atoms with van der Waals surface area (Å²) in [4.78, 5) is 59.8. The van der Waals surface area contributed by atoms with Crippen LogP contribution in [-0.2, 0) is 38.1 Å². The van der Waals surface area contributed by atoms with Crippen molar-refractivity contribution < 1.29 is 41.8 Å². The van der Waals surface area contributed by atoms with Crippen molar-refractivity contribution in [3.63, 3.8) is 0 Å². The largest absolute Gasteiger partial charge is 0.466 e. The number of benzene rings is 2. The molecule has 2 aromatic rings. The van der Waals surface area contributed by atoms with Gasteiger partial charge in [-0.05, 0) is 99.7 Å². The molecule has 0 saturated carbocycles. The zero-order valence-electron chi connectivity index (χ0n) is 34.0. The normalized spacial score (nSPS) is 19.5. The van der Waals surface area contributed by atoms with Crippen molar-refractivity contribution in [2.45, 2.75) is 115 Å². The van der Waals surface area contributed by atoms with Gasteiger partial charge in [0.15, 0.2) is 6.10 Å². The molecule has 0 aromatic heterocycles. The van der Waals surface area contributed by atoms with Crippen molar-refractivity contribution in [1.29, 1.82) is 0 Å². The molecule has 0 bridgehead atoms. The van der Waals surface area contributed by atoms with Gasteiger partial charge in [0.25, 0.3) is 5.91 Å². The molecule has 3 saturated heterocycles. The number of hydrogen-bond acceptors (Lipinski definition) is 8. The summed E-state index contributed by atoms with van der Waals surface area (Å²) in [6.07, 6.45) is 2.81. The Morgan fingerprint density at radius 3 is 2.27 bits per heavy atom. The molecule has 0 aliphatic carbocycles. The fourth-order valence-corrected chi connectivity index (χ4v) is 9.22. The smallest absolute Gasteiger partial charge is 0.418 e. The predicted molar refractivity (Wildman–Crippen MR) is 219 cm³/mol. The van der Waals surface area contributed by atoms with Crippen LogP contribution in [-0.4, -0.2) is 114 Å². The Bertz CT molecular complexity index is 1780. The summed E-state index contributed by atoms with van der Waals surface area (Å²) in [6, 6.07) is 9.86. The van der Waals surface area contributed by atoms with Gasteiger partial charge in [-0.2, -0.15) is 13.2 Å². The highest BCUT2D eigenvalue weighted by atomic mass is 35.5. The van der Waals surface area contributed by atoms with Gasteiger partial charge in [0.1, 0.15) is 0 Å². The minimum atomic E-state index is -4.78. The third kappa shape index (κ3) is 11.7. The van der Waals surface area contributed by atoms with Crippen LogP contribution in [0.5, 0.6) is 0 Å². The second kappa shape index (κ2) is 20.3. The molecule has 4 amide bonds. The lowest BCUT2D eigenvalue weighted by atomic mass is 9.89. The first-order chi connectivity index (χ1) is 28.3. The Balaban J connectivity index is 1.03. The number of alkyl halides is 3. The lowest BCUT2D eigenvalue weighted by Gasteiger charge is -2.42.